The van der Waals surface area contributed by atoms with Gasteiger partial charge in [-0.2, -0.15) is 0 Å². The van der Waals surface area contributed by atoms with Gasteiger partial charge in [0, 0.05) is 19.2 Å². The zero-order valence-corrected chi connectivity index (χ0v) is 11.4. The van der Waals surface area contributed by atoms with Crippen LogP contribution in [-0.4, -0.2) is 24.3 Å². The third-order valence-corrected chi connectivity index (χ3v) is 3.84. The molecule has 0 bridgehead atoms. The molecular formula is C14H29NO. The molecule has 96 valence electrons. The molecule has 0 saturated heterocycles. The molecule has 0 aromatic rings. The molecule has 0 spiro atoms. The lowest BCUT2D eigenvalue weighted by Gasteiger charge is -2.34. The maximum Gasteiger partial charge on any atom is 0.0436 e. The average molecular weight is 227 g/mol. The smallest absolute Gasteiger partial charge is 0.0436 e. The largest absolute Gasteiger partial charge is 0.396 e. The van der Waals surface area contributed by atoms with Gasteiger partial charge < -0.3 is 10.4 Å². The van der Waals surface area contributed by atoms with E-state index in [1.54, 1.807) is 0 Å². The van der Waals surface area contributed by atoms with Crippen molar-refractivity contribution in [3.8, 4) is 0 Å². The molecule has 0 amide bonds. The second-order valence-corrected chi connectivity index (χ2v) is 6.63. The summed E-state index contributed by atoms with van der Waals surface area (Å²) in [6, 6.07) is 0.691. The van der Waals surface area contributed by atoms with Crippen molar-refractivity contribution in [3.63, 3.8) is 0 Å². The number of hydrogen-bond donors (Lipinski definition) is 2. The van der Waals surface area contributed by atoms with Crippen LogP contribution in [0.3, 0.4) is 0 Å². The van der Waals surface area contributed by atoms with E-state index < -0.39 is 0 Å². The highest BCUT2D eigenvalue weighted by Gasteiger charge is 2.25. The number of hydrogen-bond acceptors (Lipinski definition) is 2. The van der Waals surface area contributed by atoms with Crippen LogP contribution in [0.5, 0.6) is 0 Å². The van der Waals surface area contributed by atoms with Gasteiger partial charge in [-0.1, -0.05) is 27.7 Å². The zero-order valence-electron chi connectivity index (χ0n) is 11.4. The highest BCUT2D eigenvalue weighted by molar-refractivity contribution is 4.82. The summed E-state index contributed by atoms with van der Waals surface area (Å²) in [4.78, 5) is 0. The molecule has 0 aromatic heterocycles. The summed E-state index contributed by atoms with van der Waals surface area (Å²) >= 11 is 0. The first kappa shape index (κ1) is 14.0. The van der Waals surface area contributed by atoms with Gasteiger partial charge in [-0.3, -0.25) is 0 Å². The van der Waals surface area contributed by atoms with Crippen LogP contribution in [0.2, 0.25) is 0 Å². The molecule has 0 aromatic carbocycles. The Kier molecular flexibility index (Phi) is 5.26. The van der Waals surface area contributed by atoms with Crippen molar-refractivity contribution >= 4 is 0 Å². The maximum atomic E-state index is 9.00. The fourth-order valence-electron chi connectivity index (χ4n) is 2.93. The van der Waals surface area contributed by atoms with E-state index in [4.69, 9.17) is 5.11 Å². The number of nitrogens with one attached hydrogen (secondary N) is 1. The lowest BCUT2D eigenvalue weighted by molar-refractivity contribution is 0.182. The Labute approximate surface area is 101 Å². The number of aliphatic hydroxyl groups excluding tert-OH is 1. The Balaban J connectivity index is 2.31. The molecule has 2 unspecified atom stereocenters. The minimum absolute atomic E-state index is 0.221. The Bertz CT molecular complexity index is 193. The predicted molar refractivity (Wildman–Crippen MR) is 69.5 cm³/mol. The molecule has 2 N–H and O–H groups in total. The van der Waals surface area contributed by atoms with Crippen molar-refractivity contribution in [2.75, 3.05) is 13.2 Å². The van der Waals surface area contributed by atoms with Gasteiger partial charge in [-0.05, 0) is 42.9 Å². The van der Waals surface area contributed by atoms with Crippen molar-refractivity contribution in [2.24, 2.45) is 17.3 Å². The Morgan fingerprint density at radius 2 is 1.69 bits per heavy atom. The van der Waals surface area contributed by atoms with Gasteiger partial charge in [-0.25, -0.2) is 0 Å². The van der Waals surface area contributed by atoms with Gasteiger partial charge in [0.2, 0.25) is 0 Å². The standard InChI is InChI=1S/C14H29NO/c1-11-7-12(2)9-13(8-11)15-10-14(3,4)5-6-16/h11-13,15-16H,5-10H2,1-4H3. The van der Waals surface area contributed by atoms with Crippen molar-refractivity contribution in [3.05, 3.63) is 0 Å². The first-order chi connectivity index (χ1) is 7.43. The number of rotatable bonds is 5. The summed E-state index contributed by atoms with van der Waals surface area (Å²) in [5.74, 6) is 1.73. The van der Waals surface area contributed by atoms with Crippen molar-refractivity contribution in [1.82, 2.24) is 5.32 Å². The second-order valence-electron chi connectivity index (χ2n) is 6.63. The molecule has 2 heteroatoms. The van der Waals surface area contributed by atoms with E-state index >= 15 is 0 Å². The molecule has 1 saturated carbocycles. The highest BCUT2D eigenvalue weighted by Crippen LogP contribution is 2.29. The van der Waals surface area contributed by atoms with Crippen LogP contribution >= 0.6 is 0 Å². The summed E-state index contributed by atoms with van der Waals surface area (Å²) in [6.45, 7) is 10.5. The molecule has 1 rings (SSSR count). The molecule has 2 nitrogen and oxygen atoms in total. The topological polar surface area (TPSA) is 32.3 Å². The Morgan fingerprint density at radius 3 is 2.19 bits per heavy atom. The van der Waals surface area contributed by atoms with E-state index in [1.165, 1.54) is 19.3 Å². The van der Waals surface area contributed by atoms with Crippen LogP contribution in [0.1, 0.15) is 53.4 Å². The maximum absolute atomic E-state index is 9.00. The zero-order chi connectivity index (χ0) is 12.2. The SMILES string of the molecule is CC1CC(C)CC(NCC(C)(C)CCO)C1. The third-order valence-electron chi connectivity index (χ3n) is 3.84. The highest BCUT2D eigenvalue weighted by atomic mass is 16.3. The monoisotopic (exact) mass is 227 g/mol. The molecule has 2 atom stereocenters. The van der Waals surface area contributed by atoms with Gasteiger partial charge in [-0.15, -0.1) is 0 Å². The molecule has 0 aliphatic heterocycles. The molecular weight excluding hydrogens is 198 g/mol. The summed E-state index contributed by atoms with van der Waals surface area (Å²) in [5, 5.41) is 12.7. The molecule has 1 aliphatic rings. The lowest BCUT2D eigenvalue weighted by Crippen LogP contribution is -2.41. The second kappa shape index (κ2) is 6.02. The fourth-order valence-corrected chi connectivity index (χ4v) is 2.93. The minimum Gasteiger partial charge on any atom is -0.396 e. The first-order valence-electron chi connectivity index (χ1n) is 6.77. The molecule has 0 heterocycles. The molecule has 16 heavy (non-hydrogen) atoms. The van der Waals surface area contributed by atoms with E-state index in [9.17, 15) is 0 Å². The summed E-state index contributed by atoms with van der Waals surface area (Å²) < 4.78 is 0. The van der Waals surface area contributed by atoms with Crippen LogP contribution in [0.4, 0.5) is 0 Å². The predicted octanol–water partition coefficient (Wildman–Crippen LogP) is 2.81. The van der Waals surface area contributed by atoms with Gasteiger partial charge in [0.1, 0.15) is 0 Å². The summed E-state index contributed by atoms with van der Waals surface area (Å²) in [5.41, 5.74) is 0.221. The molecule has 1 aliphatic carbocycles. The normalized spacial score (nSPS) is 31.7. The van der Waals surface area contributed by atoms with E-state index in [0.29, 0.717) is 12.6 Å². The van der Waals surface area contributed by atoms with Crippen LogP contribution in [0.25, 0.3) is 0 Å². The van der Waals surface area contributed by atoms with E-state index in [-0.39, 0.29) is 5.41 Å². The quantitative estimate of drug-likeness (QED) is 0.757. The van der Waals surface area contributed by atoms with Crippen LogP contribution in [0.15, 0.2) is 0 Å². The van der Waals surface area contributed by atoms with Crippen molar-refractivity contribution in [1.29, 1.82) is 0 Å². The Hall–Kier alpha value is -0.0800. The van der Waals surface area contributed by atoms with Crippen LogP contribution in [0, 0.1) is 17.3 Å². The van der Waals surface area contributed by atoms with E-state index in [1.807, 2.05) is 0 Å². The van der Waals surface area contributed by atoms with Gasteiger partial charge >= 0.3 is 0 Å². The molecule has 1 fully saturated rings. The van der Waals surface area contributed by atoms with Crippen molar-refractivity contribution in [2.45, 2.75) is 59.4 Å². The Morgan fingerprint density at radius 1 is 1.12 bits per heavy atom. The van der Waals surface area contributed by atoms with E-state index in [0.717, 1.165) is 24.8 Å². The average Bonchev–Trinajstić information content (AvgIpc) is 2.13. The van der Waals surface area contributed by atoms with Gasteiger partial charge in [0.15, 0.2) is 0 Å². The third kappa shape index (κ3) is 4.84. The summed E-state index contributed by atoms with van der Waals surface area (Å²) in [7, 11) is 0. The van der Waals surface area contributed by atoms with E-state index in [2.05, 4.69) is 33.0 Å². The van der Waals surface area contributed by atoms with Crippen LogP contribution in [-0.2, 0) is 0 Å². The van der Waals surface area contributed by atoms with Gasteiger partial charge in [0.05, 0.1) is 0 Å². The lowest BCUT2D eigenvalue weighted by atomic mass is 9.80. The number of aliphatic hydroxyl groups is 1. The van der Waals surface area contributed by atoms with Crippen molar-refractivity contribution < 1.29 is 5.11 Å². The molecule has 0 radical (unpaired) electrons. The minimum atomic E-state index is 0.221. The summed E-state index contributed by atoms with van der Waals surface area (Å²) in [6.07, 6.45) is 4.91. The van der Waals surface area contributed by atoms with Gasteiger partial charge in [0.25, 0.3) is 0 Å². The van der Waals surface area contributed by atoms with Crippen LogP contribution < -0.4 is 5.32 Å². The fraction of sp³-hybridized carbons (Fsp3) is 1.00. The first-order valence-corrected chi connectivity index (χ1v) is 6.77.